The van der Waals surface area contributed by atoms with Crippen molar-refractivity contribution in [2.24, 2.45) is 0 Å². The minimum absolute atomic E-state index is 0.0250. The lowest BCUT2D eigenvalue weighted by molar-refractivity contribution is 0.0519. The number of aromatic nitrogens is 2. The second-order valence-electron chi connectivity index (χ2n) is 10.4. The van der Waals surface area contributed by atoms with E-state index in [1.54, 1.807) is 41.5 Å². The van der Waals surface area contributed by atoms with Gasteiger partial charge in [0.15, 0.2) is 11.5 Å². The Bertz CT molecular complexity index is 1280. The van der Waals surface area contributed by atoms with E-state index in [9.17, 15) is 19.2 Å². The largest absolute Gasteiger partial charge is 0.493 e. The fourth-order valence-electron chi connectivity index (χ4n) is 3.60. The average Bonchev–Trinajstić information content (AvgIpc) is 3.50. The molecule has 0 radical (unpaired) electrons. The van der Waals surface area contributed by atoms with Gasteiger partial charge in [0.1, 0.15) is 11.2 Å². The number of carbonyl (C=O) groups excluding carboxylic acids is 4. The molecule has 38 heavy (non-hydrogen) atoms. The molecule has 0 amide bonds. The van der Waals surface area contributed by atoms with Crippen LogP contribution in [0.1, 0.15) is 73.6 Å². The van der Waals surface area contributed by atoms with Gasteiger partial charge in [-0.2, -0.15) is 0 Å². The zero-order chi connectivity index (χ0) is 28.4. The molecule has 10 nitrogen and oxygen atoms in total. The average molecular weight is 525 g/mol. The van der Waals surface area contributed by atoms with Crippen molar-refractivity contribution in [3.63, 3.8) is 0 Å². The lowest BCUT2D eigenvalue weighted by atomic mass is 9.96. The van der Waals surface area contributed by atoms with Crippen molar-refractivity contribution >= 4 is 23.8 Å². The van der Waals surface area contributed by atoms with Crippen LogP contribution in [0.5, 0.6) is 11.5 Å². The first-order valence-electron chi connectivity index (χ1n) is 11.8. The van der Waals surface area contributed by atoms with E-state index in [4.69, 9.17) is 18.9 Å². The van der Waals surface area contributed by atoms with Crippen LogP contribution in [0.4, 0.5) is 9.59 Å². The fraction of sp³-hybridized carbons (Fsp3) is 0.357. The molecule has 202 valence electrons. The number of benzene rings is 1. The standard InChI is InChI=1S/C28H32N2O8/c1-27(2,3)37-25(33)29-13-9-11-19(29)23(31)17-15-21(35-7)22(36-8)16-18(17)24(32)20-12-10-14-30(20)26(34)38-28(4,5)6/h9-16H,1-8H3. The van der Waals surface area contributed by atoms with E-state index in [0.29, 0.717) is 0 Å². The van der Waals surface area contributed by atoms with E-state index < -0.39 is 35.0 Å². The number of hydrogen-bond donors (Lipinski definition) is 0. The van der Waals surface area contributed by atoms with Crippen LogP contribution in [0.25, 0.3) is 0 Å². The smallest absolute Gasteiger partial charge is 0.419 e. The Morgan fingerprint density at radius 1 is 0.632 bits per heavy atom. The lowest BCUT2D eigenvalue weighted by Gasteiger charge is -2.21. The summed E-state index contributed by atoms with van der Waals surface area (Å²) in [6, 6.07) is 8.66. The summed E-state index contributed by atoms with van der Waals surface area (Å²) >= 11 is 0. The van der Waals surface area contributed by atoms with E-state index >= 15 is 0 Å². The molecule has 3 rings (SSSR count). The van der Waals surface area contributed by atoms with Gasteiger partial charge in [-0.3, -0.25) is 9.59 Å². The van der Waals surface area contributed by atoms with Crippen molar-refractivity contribution in [2.75, 3.05) is 14.2 Å². The topological polar surface area (TPSA) is 115 Å². The maximum atomic E-state index is 13.8. The van der Waals surface area contributed by atoms with Crippen molar-refractivity contribution < 1.29 is 38.1 Å². The summed E-state index contributed by atoms with van der Waals surface area (Å²) < 4.78 is 23.7. The molecule has 0 bridgehead atoms. The Morgan fingerprint density at radius 3 is 1.26 bits per heavy atom. The third-order valence-corrected chi connectivity index (χ3v) is 5.16. The van der Waals surface area contributed by atoms with E-state index in [1.165, 1.54) is 63.0 Å². The quantitative estimate of drug-likeness (QED) is 0.397. The Kier molecular flexibility index (Phi) is 7.85. The van der Waals surface area contributed by atoms with Crippen molar-refractivity contribution in [3.05, 3.63) is 71.3 Å². The van der Waals surface area contributed by atoms with Crippen molar-refractivity contribution in [1.29, 1.82) is 0 Å². The molecule has 0 aliphatic carbocycles. The number of hydrogen-bond acceptors (Lipinski definition) is 8. The van der Waals surface area contributed by atoms with Crippen LogP contribution >= 0.6 is 0 Å². The highest BCUT2D eigenvalue weighted by molar-refractivity contribution is 6.20. The van der Waals surface area contributed by atoms with Gasteiger partial charge in [0.05, 0.1) is 25.6 Å². The normalized spacial score (nSPS) is 11.6. The van der Waals surface area contributed by atoms with Gasteiger partial charge in [0.25, 0.3) is 0 Å². The van der Waals surface area contributed by atoms with Gasteiger partial charge in [0, 0.05) is 23.5 Å². The van der Waals surface area contributed by atoms with Crippen molar-refractivity contribution in [3.8, 4) is 11.5 Å². The number of nitrogens with zero attached hydrogens (tertiary/aromatic N) is 2. The molecule has 0 unspecified atom stereocenters. The molecule has 0 spiro atoms. The Labute approximate surface area is 221 Å². The van der Waals surface area contributed by atoms with Gasteiger partial charge in [-0.25, -0.2) is 18.7 Å². The first kappa shape index (κ1) is 28.2. The molecular formula is C28H32N2O8. The van der Waals surface area contributed by atoms with E-state index in [2.05, 4.69) is 0 Å². The summed E-state index contributed by atoms with van der Waals surface area (Å²) in [4.78, 5) is 53.1. The van der Waals surface area contributed by atoms with E-state index in [0.717, 1.165) is 9.13 Å². The van der Waals surface area contributed by atoms with Crippen LogP contribution < -0.4 is 9.47 Å². The minimum atomic E-state index is -0.792. The van der Waals surface area contributed by atoms with Crippen LogP contribution in [-0.2, 0) is 9.47 Å². The predicted octanol–water partition coefficient (Wildman–Crippen LogP) is 5.34. The highest BCUT2D eigenvalue weighted by Crippen LogP contribution is 2.33. The monoisotopic (exact) mass is 524 g/mol. The minimum Gasteiger partial charge on any atom is -0.493 e. The highest BCUT2D eigenvalue weighted by Gasteiger charge is 2.30. The molecular weight excluding hydrogens is 492 g/mol. The Hall–Kier alpha value is -4.34. The summed E-state index contributed by atoms with van der Waals surface area (Å²) in [5.74, 6) is -0.878. The molecule has 0 aliphatic rings. The van der Waals surface area contributed by atoms with Crippen LogP contribution in [0.2, 0.25) is 0 Å². The van der Waals surface area contributed by atoms with E-state index in [-0.39, 0.29) is 34.0 Å². The SMILES string of the molecule is COc1cc(C(=O)c2cccn2C(=O)OC(C)(C)C)c(C(=O)c2cccn2C(=O)OC(C)(C)C)cc1OC. The first-order chi connectivity index (χ1) is 17.7. The maximum Gasteiger partial charge on any atom is 0.419 e. The highest BCUT2D eigenvalue weighted by atomic mass is 16.6. The van der Waals surface area contributed by atoms with Crippen LogP contribution in [-0.4, -0.2) is 58.3 Å². The van der Waals surface area contributed by atoms with Gasteiger partial charge >= 0.3 is 12.2 Å². The van der Waals surface area contributed by atoms with Crippen LogP contribution in [0.15, 0.2) is 48.8 Å². The van der Waals surface area contributed by atoms with E-state index in [1.807, 2.05) is 0 Å². The molecule has 2 aromatic heterocycles. The Balaban J connectivity index is 2.14. The lowest BCUT2D eigenvalue weighted by Crippen LogP contribution is -2.29. The zero-order valence-corrected chi connectivity index (χ0v) is 22.8. The van der Waals surface area contributed by atoms with Crippen LogP contribution in [0, 0.1) is 0 Å². The van der Waals surface area contributed by atoms with Crippen LogP contribution in [0.3, 0.4) is 0 Å². The molecule has 0 saturated heterocycles. The van der Waals surface area contributed by atoms with Gasteiger partial charge in [-0.15, -0.1) is 0 Å². The summed E-state index contributed by atoms with van der Waals surface area (Å²) in [5.41, 5.74) is -1.76. The molecule has 0 fully saturated rings. The number of ketones is 2. The molecule has 2 heterocycles. The van der Waals surface area contributed by atoms with Gasteiger partial charge in [-0.1, -0.05) is 0 Å². The zero-order valence-electron chi connectivity index (χ0n) is 22.8. The summed E-state index contributed by atoms with van der Waals surface area (Å²) in [6.07, 6.45) is 1.30. The van der Waals surface area contributed by atoms with Crippen molar-refractivity contribution in [2.45, 2.75) is 52.7 Å². The molecule has 0 N–H and O–H groups in total. The van der Waals surface area contributed by atoms with Gasteiger partial charge in [-0.05, 0) is 77.9 Å². The molecule has 0 saturated carbocycles. The van der Waals surface area contributed by atoms with Crippen molar-refractivity contribution in [1.82, 2.24) is 9.13 Å². The summed E-state index contributed by atoms with van der Waals surface area (Å²) in [7, 11) is 2.79. The fourth-order valence-corrected chi connectivity index (χ4v) is 3.60. The number of carbonyl (C=O) groups is 4. The number of rotatable bonds is 6. The number of ether oxygens (including phenoxy) is 4. The maximum absolute atomic E-state index is 13.8. The third kappa shape index (κ3) is 6.13. The summed E-state index contributed by atoms with van der Waals surface area (Å²) in [5, 5.41) is 0. The molecule has 3 aromatic rings. The second-order valence-corrected chi connectivity index (χ2v) is 10.4. The van der Waals surface area contributed by atoms with Gasteiger partial charge < -0.3 is 18.9 Å². The van der Waals surface area contributed by atoms with Gasteiger partial charge in [0.2, 0.25) is 11.6 Å². The molecule has 10 heteroatoms. The summed E-state index contributed by atoms with van der Waals surface area (Å²) in [6.45, 7) is 10.3. The number of methoxy groups -OCH3 is 2. The molecule has 0 atom stereocenters. The molecule has 1 aromatic carbocycles. The second kappa shape index (κ2) is 10.6. The Morgan fingerprint density at radius 2 is 0.974 bits per heavy atom. The molecule has 0 aliphatic heterocycles. The predicted molar refractivity (Wildman–Crippen MR) is 139 cm³/mol. The first-order valence-corrected chi connectivity index (χ1v) is 11.8. The third-order valence-electron chi connectivity index (χ3n) is 5.16.